The van der Waals surface area contributed by atoms with Gasteiger partial charge >= 0.3 is 12.0 Å². The van der Waals surface area contributed by atoms with Gasteiger partial charge in [-0.1, -0.05) is 30.3 Å². The molecule has 26 heavy (non-hydrogen) atoms. The molecule has 2 heterocycles. The van der Waals surface area contributed by atoms with Crippen molar-refractivity contribution in [3.05, 3.63) is 35.9 Å². The molecule has 2 fully saturated rings. The fourth-order valence-electron chi connectivity index (χ4n) is 4.19. The van der Waals surface area contributed by atoms with E-state index < -0.39 is 5.54 Å². The van der Waals surface area contributed by atoms with Gasteiger partial charge in [-0.25, -0.2) is 4.79 Å². The first kappa shape index (κ1) is 18.7. The van der Waals surface area contributed by atoms with Crippen LogP contribution in [-0.2, 0) is 15.1 Å². The van der Waals surface area contributed by atoms with E-state index in [-0.39, 0.29) is 12.0 Å². The highest BCUT2D eigenvalue weighted by Crippen LogP contribution is 2.37. The number of carbonyl (C=O) groups excluding carboxylic acids is 2. The second-order valence-electron chi connectivity index (χ2n) is 7.27. The summed E-state index contributed by atoms with van der Waals surface area (Å²) in [7, 11) is 1.41. The third kappa shape index (κ3) is 4.01. The van der Waals surface area contributed by atoms with Crippen LogP contribution in [0.4, 0.5) is 4.79 Å². The summed E-state index contributed by atoms with van der Waals surface area (Å²) < 4.78 is 4.84. The summed E-state index contributed by atoms with van der Waals surface area (Å²) in [4.78, 5) is 26.4. The van der Waals surface area contributed by atoms with Crippen molar-refractivity contribution < 1.29 is 14.3 Å². The van der Waals surface area contributed by atoms with Gasteiger partial charge < -0.3 is 20.3 Å². The molecule has 1 atom stereocenters. The van der Waals surface area contributed by atoms with Crippen molar-refractivity contribution in [2.24, 2.45) is 5.92 Å². The van der Waals surface area contributed by atoms with Gasteiger partial charge in [0.1, 0.15) is 0 Å². The summed E-state index contributed by atoms with van der Waals surface area (Å²) in [5.41, 5.74) is 0.590. The van der Waals surface area contributed by atoms with Gasteiger partial charge in [0, 0.05) is 19.5 Å². The largest absolute Gasteiger partial charge is 0.469 e. The third-order valence-electron chi connectivity index (χ3n) is 5.80. The highest BCUT2D eigenvalue weighted by atomic mass is 16.5. The number of esters is 1. The molecular weight excluding hydrogens is 330 g/mol. The number of urea groups is 1. The Morgan fingerprint density at radius 3 is 2.69 bits per heavy atom. The number of rotatable bonds is 7. The van der Waals surface area contributed by atoms with E-state index in [9.17, 15) is 9.59 Å². The van der Waals surface area contributed by atoms with Crippen LogP contribution in [0.1, 0.15) is 37.7 Å². The molecule has 0 bridgehead atoms. The normalized spacial score (nSPS) is 23.7. The topological polar surface area (TPSA) is 70.7 Å². The van der Waals surface area contributed by atoms with Crippen LogP contribution < -0.4 is 10.6 Å². The van der Waals surface area contributed by atoms with Gasteiger partial charge in [0.25, 0.3) is 0 Å². The molecule has 3 rings (SSSR count). The van der Waals surface area contributed by atoms with Crippen LogP contribution in [0.5, 0.6) is 0 Å². The molecular formula is C20H29N3O3. The minimum atomic E-state index is -0.487. The summed E-state index contributed by atoms with van der Waals surface area (Å²) in [5.74, 6) is 0.414. The van der Waals surface area contributed by atoms with Crippen molar-refractivity contribution in [2.75, 3.05) is 33.3 Å². The lowest BCUT2D eigenvalue weighted by Crippen LogP contribution is -2.46. The molecule has 1 unspecified atom stereocenters. The standard InChI is InChI=1S/C20H29N3O3/c1-26-18(24)7-11-20(17-5-3-2-4-6-17)15-22-19(25)23(20)14-10-16-8-12-21-13-9-16/h2-6,16,21H,7-15H2,1H3,(H,22,25). The predicted octanol–water partition coefficient (Wildman–Crippen LogP) is 2.25. The van der Waals surface area contributed by atoms with Gasteiger partial charge in [0.15, 0.2) is 0 Å². The molecule has 0 aromatic heterocycles. The van der Waals surface area contributed by atoms with Crippen LogP contribution in [0.15, 0.2) is 30.3 Å². The Hall–Kier alpha value is -2.08. The quantitative estimate of drug-likeness (QED) is 0.733. The van der Waals surface area contributed by atoms with E-state index in [1.807, 2.05) is 23.1 Å². The molecule has 2 aliphatic rings. The van der Waals surface area contributed by atoms with Crippen LogP contribution in [0.2, 0.25) is 0 Å². The number of benzene rings is 1. The van der Waals surface area contributed by atoms with E-state index in [1.165, 1.54) is 7.11 Å². The number of hydrogen-bond acceptors (Lipinski definition) is 4. The van der Waals surface area contributed by atoms with E-state index in [2.05, 4.69) is 22.8 Å². The third-order valence-corrected chi connectivity index (χ3v) is 5.80. The second kappa shape index (κ2) is 8.54. The average molecular weight is 359 g/mol. The van der Waals surface area contributed by atoms with Gasteiger partial charge in [0.2, 0.25) is 0 Å². The first-order chi connectivity index (χ1) is 12.7. The SMILES string of the molecule is COC(=O)CCC1(c2ccccc2)CNC(=O)N1CCC1CCNCC1. The van der Waals surface area contributed by atoms with E-state index in [0.717, 1.165) is 37.9 Å². The Labute approximate surface area is 155 Å². The monoisotopic (exact) mass is 359 g/mol. The van der Waals surface area contributed by atoms with Crippen molar-refractivity contribution in [3.8, 4) is 0 Å². The number of methoxy groups -OCH3 is 1. The van der Waals surface area contributed by atoms with Gasteiger partial charge in [-0.15, -0.1) is 0 Å². The first-order valence-corrected chi connectivity index (χ1v) is 9.54. The second-order valence-corrected chi connectivity index (χ2v) is 7.27. The van der Waals surface area contributed by atoms with Crippen molar-refractivity contribution in [2.45, 2.75) is 37.6 Å². The molecule has 0 aliphatic carbocycles. The highest BCUT2D eigenvalue weighted by molar-refractivity contribution is 5.79. The zero-order valence-corrected chi connectivity index (χ0v) is 15.5. The fraction of sp³-hybridized carbons (Fsp3) is 0.600. The number of nitrogens with one attached hydrogen (secondary N) is 2. The Bertz CT molecular complexity index is 616. The number of ether oxygens (including phenoxy) is 1. The Morgan fingerprint density at radius 1 is 1.27 bits per heavy atom. The van der Waals surface area contributed by atoms with E-state index in [0.29, 0.717) is 31.8 Å². The molecule has 1 aromatic rings. The lowest BCUT2D eigenvalue weighted by molar-refractivity contribution is -0.141. The molecule has 6 nitrogen and oxygen atoms in total. The Kier molecular flexibility index (Phi) is 6.14. The number of nitrogens with zero attached hydrogens (tertiary/aromatic N) is 1. The fourth-order valence-corrected chi connectivity index (χ4v) is 4.19. The molecule has 6 heteroatoms. The predicted molar refractivity (Wildman–Crippen MR) is 99.7 cm³/mol. The van der Waals surface area contributed by atoms with Crippen LogP contribution in [0.3, 0.4) is 0 Å². The molecule has 0 saturated carbocycles. The van der Waals surface area contributed by atoms with E-state index in [1.54, 1.807) is 0 Å². The van der Waals surface area contributed by atoms with Crippen LogP contribution in [0, 0.1) is 5.92 Å². The Balaban J connectivity index is 1.79. The lowest BCUT2D eigenvalue weighted by atomic mass is 9.84. The molecule has 2 saturated heterocycles. The number of amides is 2. The molecule has 142 valence electrons. The number of piperidine rings is 1. The van der Waals surface area contributed by atoms with Crippen LogP contribution in [0.25, 0.3) is 0 Å². The number of carbonyl (C=O) groups is 2. The van der Waals surface area contributed by atoms with E-state index in [4.69, 9.17) is 4.74 Å². The van der Waals surface area contributed by atoms with Gasteiger partial charge in [-0.05, 0) is 50.3 Å². The van der Waals surface area contributed by atoms with Gasteiger partial charge in [-0.2, -0.15) is 0 Å². The maximum absolute atomic E-state index is 12.6. The van der Waals surface area contributed by atoms with Gasteiger partial charge in [0.05, 0.1) is 12.6 Å². The van der Waals surface area contributed by atoms with Crippen molar-refractivity contribution in [1.29, 1.82) is 0 Å². The molecule has 2 amide bonds. The smallest absolute Gasteiger partial charge is 0.318 e. The minimum Gasteiger partial charge on any atom is -0.469 e. The summed E-state index contributed by atoms with van der Waals surface area (Å²) in [6, 6.07) is 10.0. The maximum Gasteiger partial charge on any atom is 0.318 e. The summed E-state index contributed by atoms with van der Waals surface area (Å²) in [5, 5.41) is 6.40. The maximum atomic E-state index is 12.6. The summed E-state index contributed by atoms with van der Waals surface area (Å²) >= 11 is 0. The zero-order valence-electron chi connectivity index (χ0n) is 15.5. The zero-order chi connectivity index (χ0) is 18.4. The molecule has 2 N–H and O–H groups in total. The summed E-state index contributed by atoms with van der Waals surface area (Å²) in [6.45, 7) is 3.36. The highest BCUT2D eigenvalue weighted by Gasteiger charge is 2.46. The molecule has 0 spiro atoms. The van der Waals surface area contributed by atoms with Crippen molar-refractivity contribution in [1.82, 2.24) is 15.5 Å². The van der Waals surface area contributed by atoms with E-state index >= 15 is 0 Å². The molecule has 1 aromatic carbocycles. The Morgan fingerprint density at radius 2 is 2.00 bits per heavy atom. The van der Waals surface area contributed by atoms with Gasteiger partial charge in [-0.3, -0.25) is 4.79 Å². The first-order valence-electron chi connectivity index (χ1n) is 9.54. The molecule has 0 radical (unpaired) electrons. The number of hydrogen-bond donors (Lipinski definition) is 2. The van der Waals surface area contributed by atoms with Crippen LogP contribution in [-0.4, -0.2) is 50.2 Å². The summed E-state index contributed by atoms with van der Waals surface area (Å²) in [6.07, 6.45) is 4.19. The average Bonchev–Trinajstić information content (AvgIpc) is 3.02. The lowest BCUT2D eigenvalue weighted by Gasteiger charge is -2.38. The van der Waals surface area contributed by atoms with Crippen molar-refractivity contribution >= 4 is 12.0 Å². The molecule has 2 aliphatic heterocycles. The van der Waals surface area contributed by atoms with Crippen molar-refractivity contribution in [3.63, 3.8) is 0 Å². The minimum absolute atomic E-state index is 0.0346. The van der Waals surface area contributed by atoms with Crippen LogP contribution >= 0.6 is 0 Å².